The maximum atomic E-state index is 12.4. The van der Waals surface area contributed by atoms with E-state index in [9.17, 15) is 9.90 Å². The number of carbonyl (C=O) groups is 1. The van der Waals surface area contributed by atoms with Crippen LogP contribution in [0.2, 0.25) is 0 Å². The van der Waals surface area contributed by atoms with Gasteiger partial charge in [0.1, 0.15) is 0 Å². The summed E-state index contributed by atoms with van der Waals surface area (Å²) in [4.78, 5) is 18.7. The Labute approximate surface area is 148 Å². The molecule has 1 aromatic heterocycles. The minimum absolute atomic E-state index is 0.0616. The Bertz CT molecular complexity index is 690. The predicted molar refractivity (Wildman–Crippen MR) is 98.3 cm³/mol. The van der Waals surface area contributed by atoms with Crippen molar-refractivity contribution in [3.05, 3.63) is 54.4 Å². The lowest BCUT2D eigenvalue weighted by Gasteiger charge is -2.34. The molecule has 25 heavy (non-hydrogen) atoms. The van der Waals surface area contributed by atoms with E-state index in [4.69, 9.17) is 0 Å². The van der Waals surface area contributed by atoms with E-state index >= 15 is 0 Å². The highest BCUT2D eigenvalue weighted by molar-refractivity contribution is 5.95. The van der Waals surface area contributed by atoms with Crippen LogP contribution in [0.15, 0.2) is 48.8 Å². The quantitative estimate of drug-likeness (QED) is 0.848. The first-order valence-electron chi connectivity index (χ1n) is 8.91. The Kier molecular flexibility index (Phi) is 6.14. The lowest BCUT2D eigenvalue weighted by molar-refractivity contribution is 0.0849. The zero-order valence-electron chi connectivity index (χ0n) is 14.4. The zero-order valence-corrected chi connectivity index (χ0v) is 14.4. The second-order valence-electron chi connectivity index (χ2n) is 6.44. The molecule has 3 rings (SSSR count). The molecular weight excluding hydrogens is 314 g/mol. The number of aliphatic hydroxyl groups is 1. The standard InChI is InChI=1S/C20H25N3O2/c24-15-19-6-1-2-12-23(19)13-11-22-20(25)18-5-3-4-17(14-18)16-7-9-21-10-8-16/h3-5,7-10,14,19,24H,1-2,6,11-13,15H2,(H,22,25)/t19-/m0/s1. The molecule has 1 atom stereocenters. The molecule has 1 fully saturated rings. The lowest BCUT2D eigenvalue weighted by atomic mass is 10.0. The van der Waals surface area contributed by atoms with E-state index in [1.807, 2.05) is 36.4 Å². The van der Waals surface area contributed by atoms with Gasteiger partial charge in [-0.2, -0.15) is 0 Å². The van der Waals surface area contributed by atoms with E-state index in [-0.39, 0.29) is 18.6 Å². The molecule has 2 N–H and O–H groups in total. The number of pyridine rings is 1. The van der Waals surface area contributed by atoms with Crippen LogP contribution in [-0.4, -0.2) is 53.2 Å². The summed E-state index contributed by atoms with van der Waals surface area (Å²) < 4.78 is 0. The second-order valence-corrected chi connectivity index (χ2v) is 6.44. The lowest BCUT2D eigenvalue weighted by Crippen LogP contribution is -2.45. The van der Waals surface area contributed by atoms with Crippen LogP contribution in [0.1, 0.15) is 29.6 Å². The molecule has 1 aromatic carbocycles. The highest BCUT2D eigenvalue weighted by atomic mass is 16.3. The predicted octanol–water partition coefficient (Wildman–Crippen LogP) is 2.33. The fraction of sp³-hybridized carbons (Fsp3) is 0.400. The van der Waals surface area contributed by atoms with Gasteiger partial charge in [0, 0.05) is 37.1 Å². The molecule has 0 aliphatic carbocycles. The third kappa shape index (κ3) is 4.65. The van der Waals surface area contributed by atoms with Gasteiger partial charge < -0.3 is 10.4 Å². The van der Waals surface area contributed by atoms with Crippen molar-refractivity contribution in [1.29, 1.82) is 0 Å². The Morgan fingerprint density at radius 3 is 2.84 bits per heavy atom. The molecule has 5 nitrogen and oxygen atoms in total. The van der Waals surface area contributed by atoms with Crippen LogP contribution in [0.25, 0.3) is 11.1 Å². The molecule has 1 amide bonds. The van der Waals surface area contributed by atoms with Crippen LogP contribution in [0.3, 0.4) is 0 Å². The van der Waals surface area contributed by atoms with Gasteiger partial charge in [0.2, 0.25) is 0 Å². The summed E-state index contributed by atoms with van der Waals surface area (Å²) in [5, 5.41) is 12.4. The average Bonchev–Trinajstić information content (AvgIpc) is 2.69. The van der Waals surface area contributed by atoms with Gasteiger partial charge >= 0.3 is 0 Å². The second kappa shape index (κ2) is 8.74. The van der Waals surface area contributed by atoms with E-state index in [1.54, 1.807) is 12.4 Å². The summed E-state index contributed by atoms with van der Waals surface area (Å²) in [6.07, 6.45) is 6.88. The average molecular weight is 339 g/mol. The third-order valence-corrected chi connectivity index (χ3v) is 4.78. The molecule has 2 heterocycles. The SMILES string of the molecule is O=C(NCCN1CCCC[C@H]1CO)c1cccc(-c2ccncc2)c1. The van der Waals surface area contributed by atoms with E-state index in [2.05, 4.69) is 15.2 Å². The van der Waals surface area contributed by atoms with Crippen molar-refractivity contribution in [3.63, 3.8) is 0 Å². The molecule has 5 heteroatoms. The molecule has 0 saturated carbocycles. The molecule has 0 bridgehead atoms. The maximum Gasteiger partial charge on any atom is 0.251 e. The molecule has 132 valence electrons. The first kappa shape index (κ1) is 17.6. The summed E-state index contributed by atoms with van der Waals surface area (Å²) in [6, 6.07) is 11.7. The van der Waals surface area contributed by atoms with Gasteiger partial charge in [0.15, 0.2) is 0 Å². The van der Waals surface area contributed by atoms with Crippen molar-refractivity contribution in [2.24, 2.45) is 0 Å². The number of amides is 1. The van der Waals surface area contributed by atoms with Crippen LogP contribution >= 0.6 is 0 Å². The number of aromatic nitrogens is 1. The van der Waals surface area contributed by atoms with Crippen LogP contribution in [0, 0.1) is 0 Å². The van der Waals surface area contributed by atoms with Crippen LogP contribution in [-0.2, 0) is 0 Å². The molecular formula is C20H25N3O2. The number of benzene rings is 1. The van der Waals surface area contributed by atoms with Crippen molar-refractivity contribution in [2.75, 3.05) is 26.2 Å². The minimum atomic E-state index is -0.0616. The van der Waals surface area contributed by atoms with Crippen molar-refractivity contribution in [3.8, 4) is 11.1 Å². The number of hydrogen-bond acceptors (Lipinski definition) is 4. The number of aliphatic hydroxyl groups excluding tert-OH is 1. The first-order chi connectivity index (χ1) is 12.3. The van der Waals surface area contributed by atoms with Crippen LogP contribution < -0.4 is 5.32 Å². The zero-order chi connectivity index (χ0) is 17.5. The highest BCUT2D eigenvalue weighted by Crippen LogP contribution is 2.19. The first-order valence-corrected chi connectivity index (χ1v) is 8.91. The van der Waals surface area contributed by atoms with Crippen molar-refractivity contribution in [1.82, 2.24) is 15.2 Å². The normalized spacial score (nSPS) is 18.0. The topological polar surface area (TPSA) is 65.5 Å². The maximum absolute atomic E-state index is 12.4. The van der Waals surface area contributed by atoms with Gasteiger partial charge in [-0.25, -0.2) is 0 Å². The van der Waals surface area contributed by atoms with E-state index in [0.717, 1.165) is 30.6 Å². The molecule has 2 aromatic rings. The molecule has 1 aliphatic heterocycles. The molecule has 0 unspecified atom stereocenters. The Morgan fingerprint density at radius 1 is 1.20 bits per heavy atom. The van der Waals surface area contributed by atoms with E-state index < -0.39 is 0 Å². The summed E-state index contributed by atoms with van der Waals surface area (Å²) in [5.41, 5.74) is 2.71. The Hall–Kier alpha value is -2.24. The van der Waals surface area contributed by atoms with Crippen LogP contribution in [0.5, 0.6) is 0 Å². The van der Waals surface area contributed by atoms with Crippen LogP contribution in [0.4, 0.5) is 0 Å². The Morgan fingerprint density at radius 2 is 2.04 bits per heavy atom. The van der Waals surface area contributed by atoms with Gasteiger partial charge in [-0.15, -0.1) is 0 Å². The van der Waals surface area contributed by atoms with Gasteiger partial charge in [0.25, 0.3) is 5.91 Å². The summed E-state index contributed by atoms with van der Waals surface area (Å²) in [7, 11) is 0. The number of nitrogens with zero attached hydrogens (tertiary/aromatic N) is 2. The molecule has 1 aliphatic rings. The number of piperidine rings is 1. The highest BCUT2D eigenvalue weighted by Gasteiger charge is 2.21. The third-order valence-electron chi connectivity index (χ3n) is 4.78. The molecule has 1 saturated heterocycles. The summed E-state index contributed by atoms with van der Waals surface area (Å²) >= 11 is 0. The van der Waals surface area contributed by atoms with Crippen molar-refractivity contribution in [2.45, 2.75) is 25.3 Å². The fourth-order valence-electron chi connectivity index (χ4n) is 3.36. The number of hydrogen-bond donors (Lipinski definition) is 2. The van der Waals surface area contributed by atoms with Gasteiger partial charge in [0.05, 0.1) is 6.61 Å². The van der Waals surface area contributed by atoms with Crippen molar-refractivity contribution < 1.29 is 9.90 Å². The summed E-state index contributed by atoms with van der Waals surface area (Å²) in [5.74, 6) is -0.0616. The summed E-state index contributed by atoms with van der Waals surface area (Å²) in [6.45, 7) is 2.57. The number of carbonyl (C=O) groups excluding carboxylic acids is 1. The number of rotatable bonds is 6. The monoisotopic (exact) mass is 339 g/mol. The number of nitrogens with one attached hydrogen (secondary N) is 1. The molecule has 0 radical (unpaired) electrons. The van der Waals surface area contributed by atoms with Gasteiger partial charge in [-0.3, -0.25) is 14.7 Å². The van der Waals surface area contributed by atoms with E-state index in [0.29, 0.717) is 12.1 Å². The van der Waals surface area contributed by atoms with Crippen molar-refractivity contribution >= 4 is 5.91 Å². The van der Waals surface area contributed by atoms with E-state index in [1.165, 1.54) is 12.8 Å². The Balaban J connectivity index is 1.56. The molecule has 0 spiro atoms. The smallest absolute Gasteiger partial charge is 0.251 e. The number of likely N-dealkylation sites (tertiary alicyclic amines) is 1. The van der Waals surface area contributed by atoms with Gasteiger partial charge in [-0.05, 0) is 54.8 Å². The fourth-order valence-corrected chi connectivity index (χ4v) is 3.36. The van der Waals surface area contributed by atoms with Gasteiger partial charge in [-0.1, -0.05) is 18.6 Å². The largest absolute Gasteiger partial charge is 0.395 e. The minimum Gasteiger partial charge on any atom is -0.395 e.